The molecule has 1 atom stereocenters. The number of nitrogens with one attached hydrogen (secondary N) is 1. The molecule has 0 aromatic rings. The topological polar surface area (TPSA) is 12.0 Å². The minimum Gasteiger partial charge on any atom is -0.359 e. The van der Waals surface area contributed by atoms with E-state index in [2.05, 4.69) is 72.2 Å². The summed E-state index contributed by atoms with van der Waals surface area (Å²) < 4.78 is 0. The smallest absolute Gasteiger partial charge is 0.0373 e. The van der Waals surface area contributed by atoms with Crippen LogP contribution in [0.4, 0.5) is 0 Å². The van der Waals surface area contributed by atoms with Gasteiger partial charge in [0.25, 0.3) is 0 Å². The number of hydrogen-bond donors (Lipinski definition) is 1. The van der Waals surface area contributed by atoms with Crippen molar-refractivity contribution in [3.8, 4) is 0 Å². The van der Waals surface area contributed by atoms with Crippen LogP contribution in [0.25, 0.3) is 0 Å². The first kappa shape index (κ1) is 16.8. The van der Waals surface area contributed by atoms with Gasteiger partial charge in [0, 0.05) is 11.4 Å². The van der Waals surface area contributed by atoms with Crippen LogP contribution in [0.3, 0.4) is 0 Å². The van der Waals surface area contributed by atoms with Crippen LogP contribution in [-0.4, -0.2) is 0 Å². The van der Waals surface area contributed by atoms with Crippen LogP contribution in [0, 0.1) is 17.3 Å². The fourth-order valence-corrected chi connectivity index (χ4v) is 2.35. The van der Waals surface area contributed by atoms with Crippen molar-refractivity contribution in [3.05, 3.63) is 47.9 Å². The summed E-state index contributed by atoms with van der Waals surface area (Å²) in [4.78, 5) is 0. The summed E-state index contributed by atoms with van der Waals surface area (Å²) in [5.41, 5.74) is 5.29. The fraction of sp³-hybridized carbons (Fsp3) is 0.579. The van der Waals surface area contributed by atoms with E-state index in [1.54, 1.807) is 0 Å². The molecular formula is C19H31N. The van der Waals surface area contributed by atoms with Crippen LogP contribution in [0.2, 0.25) is 0 Å². The minimum absolute atomic E-state index is 0.303. The number of rotatable bonds is 5. The van der Waals surface area contributed by atoms with Gasteiger partial charge in [0.15, 0.2) is 0 Å². The molecule has 0 aromatic carbocycles. The Kier molecular flexibility index (Phi) is 5.44. The van der Waals surface area contributed by atoms with Gasteiger partial charge in [0.05, 0.1) is 0 Å². The van der Waals surface area contributed by atoms with E-state index in [4.69, 9.17) is 0 Å². The zero-order valence-corrected chi connectivity index (χ0v) is 14.1. The molecule has 112 valence electrons. The lowest BCUT2D eigenvalue weighted by atomic mass is 9.74. The molecule has 1 aliphatic carbocycles. The fourth-order valence-electron chi connectivity index (χ4n) is 2.35. The molecule has 20 heavy (non-hydrogen) atoms. The molecule has 0 saturated heterocycles. The molecule has 0 aromatic heterocycles. The normalized spacial score (nSPS) is 19.4. The maximum atomic E-state index is 4.13. The molecule has 0 amide bonds. The molecule has 1 N–H and O–H groups in total. The molecular weight excluding hydrogens is 242 g/mol. The van der Waals surface area contributed by atoms with Crippen molar-refractivity contribution >= 4 is 0 Å². The first-order valence-electron chi connectivity index (χ1n) is 7.61. The zero-order valence-electron chi connectivity index (χ0n) is 14.1. The number of allylic oxidation sites excluding steroid dienone is 5. The van der Waals surface area contributed by atoms with E-state index in [0.29, 0.717) is 17.3 Å². The quantitative estimate of drug-likeness (QED) is 0.644. The Bertz CT molecular complexity index is 441. The van der Waals surface area contributed by atoms with Gasteiger partial charge in [0.2, 0.25) is 0 Å². The highest BCUT2D eigenvalue weighted by Crippen LogP contribution is 2.37. The maximum Gasteiger partial charge on any atom is 0.0373 e. The summed E-state index contributed by atoms with van der Waals surface area (Å²) in [5, 5.41) is 3.50. The largest absolute Gasteiger partial charge is 0.359 e. The standard InChI is InChI=1S/C19H31N/c1-13(2)11-16-12-17(19(6,7)8)9-10-18(16)20-15(5)14(3)4/h9-10,14,17,20H,1,5,11-12H2,2-4,6-8H3. The van der Waals surface area contributed by atoms with E-state index in [-0.39, 0.29) is 0 Å². The van der Waals surface area contributed by atoms with E-state index in [1.807, 2.05) is 0 Å². The Labute approximate surface area is 125 Å². The third kappa shape index (κ3) is 4.70. The Balaban J connectivity index is 2.97. The van der Waals surface area contributed by atoms with E-state index >= 15 is 0 Å². The van der Waals surface area contributed by atoms with Crippen LogP contribution in [-0.2, 0) is 0 Å². The Hall–Kier alpha value is -1.24. The predicted octanol–water partition coefficient (Wildman–Crippen LogP) is 5.59. The molecule has 0 fully saturated rings. The van der Waals surface area contributed by atoms with Crippen LogP contribution >= 0.6 is 0 Å². The van der Waals surface area contributed by atoms with Gasteiger partial charge in [0.1, 0.15) is 0 Å². The summed E-state index contributed by atoms with van der Waals surface area (Å²) in [6.07, 6.45) is 6.67. The molecule has 0 heterocycles. The highest BCUT2D eigenvalue weighted by molar-refractivity contribution is 5.34. The van der Waals surface area contributed by atoms with Crippen molar-refractivity contribution < 1.29 is 0 Å². The summed E-state index contributed by atoms with van der Waals surface area (Å²) in [5.74, 6) is 1.04. The molecule has 0 radical (unpaired) electrons. The lowest BCUT2D eigenvalue weighted by Gasteiger charge is -2.33. The monoisotopic (exact) mass is 273 g/mol. The molecule has 1 heteroatoms. The number of hydrogen-bond acceptors (Lipinski definition) is 1. The molecule has 1 aliphatic rings. The average Bonchev–Trinajstić information content (AvgIpc) is 2.28. The maximum absolute atomic E-state index is 4.13. The predicted molar refractivity (Wildman–Crippen MR) is 90.3 cm³/mol. The average molecular weight is 273 g/mol. The van der Waals surface area contributed by atoms with Crippen molar-refractivity contribution in [2.45, 2.75) is 54.4 Å². The van der Waals surface area contributed by atoms with E-state index in [0.717, 1.165) is 18.5 Å². The van der Waals surface area contributed by atoms with Crippen molar-refractivity contribution in [3.63, 3.8) is 0 Å². The second-order valence-electron chi connectivity index (χ2n) is 7.49. The third-order valence-electron chi connectivity index (χ3n) is 3.96. The van der Waals surface area contributed by atoms with Crippen molar-refractivity contribution in [1.29, 1.82) is 0 Å². The van der Waals surface area contributed by atoms with Crippen LogP contribution in [0.1, 0.15) is 54.4 Å². The summed E-state index contributed by atoms with van der Waals surface area (Å²) in [6, 6.07) is 0. The zero-order chi connectivity index (χ0) is 15.5. The highest BCUT2D eigenvalue weighted by Gasteiger charge is 2.26. The van der Waals surface area contributed by atoms with Crippen molar-refractivity contribution in [2.24, 2.45) is 17.3 Å². The summed E-state index contributed by atoms with van der Waals surface area (Å²) in [7, 11) is 0. The summed E-state index contributed by atoms with van der Waals surface area (Å²) >= 11 is 0. The SMILES string of the molecule is C=C(C)CC1=C(NC(=C)C(C)C)C=CC(C(C)(C)C)C1. The molecule has 0 bridgehead atoms. The Morgan fingerprint density at radius 1 is 1.35 bits per heavy atom. The lowest BCUT2D eigenvalue weighted by molar-refractivity contribution is 0.286. The minimum atomic E-state index is 0.303. The molecule has 1 nitrogen and oxygen atoms in total. The second-order valence-corrected chi connectivity index (χ2v) is 7.49. The lowest BCUT2D eigenvalue weighted by Crippen LogP contribution is -2.25. The van der Waals surface area contributed by atoms with Crippen molar-refractivity contribution in [2.75, 3.05) is 0 Å². The second kappa shape index (κ2) is 6.47. The van der Waals surface area contributed by atoms with Gasteiger partial charge in [-0.2, -0.15) is 0 Å². The highest BCUT2D eigenvalue weighted by atomic mass is 14.9. The van der Waals surface area contributed by atoms with Gasteiger partial charge in [-0.3, -0.25) is 0 Å². The molecule has 1 unspecified atom stereocenters. The first-order chi connectivity index (χ1) is 9.11. The molecule has 0 aliphatic heterocycles. The van der Waals surface area contributed by atoms with Gasteiger partial charge >= 0.3 is 0 Å². The first-order valence-corrected chi connectivity index (χ1v) is 7.61. The van der Waals surface area contributed by atoms with Gasteiger partial charge in [-0.1, -0.05) is 59.4 Å². The van der Waals surface area contributed by atoms with Gasteiger partial charge < -0.3 is 5.32 Å². The Morgan fingerprint density at radius 2 is 1.95 bits per heavy atom. The van der Waals surface area contributed by atoms with Crippen LogP contribution in [0.15, 0.2) is 47.9 Å². The molecule has 1 rings (SSSR count). The van der Waals surface area contributed by atoms with E-state index in [9.17, 15) is 0 Å². The van der Waals surface area contributed by atoms with E-state index < -0.39 is 0 Å². The Morgan fingerprint density at radius 3 is 2.40 bits per heavy atom. The third-order valence-corrected chi connectivity index (χ3v) is 3.96. The van der Waals surface area contributed by atoms with Gasteiger partial charge in [-0.25, -0.2) is 0 Å². The van der Waals surface area contributed by atoms with Crippen molar-refractivity contribution in [1.82, 2.24) is 5.32 Å². The van der Waals surface area contributed by atoms with Gasteiger partial charge in [-0.05, 0) is 48.7 Å². The van der Waals surface area contributed by atoms with Gasteiger partial charge in [-0.15, -0.1) is 0 Å². The van der Waals surface area contributed by atoms with Crippen LogP contribution < -0.4 is 5.32 Å². The van der Waals surface area contributed by atoms with Crippen LogP contribution in [0.5, 0.6) is 0 Å². The molecule has 0 spiro atoms. The summed E-state index contributed by atoms with van der Waals surface area (Å²) in [6.45, 7) is 21.6. The molecule has 0 saturated carbocycles. The van der Waals surface area contributed by atoms with E-state index in [1.165, 1.54) is 16.8 Å².